The minimum Gasteiger partial charge on any atom is -0.347 e. The third-order valence-electron chi connectivity index (χ3n) is 2.56. The van der Waals surface area contributed by atoms with Gasteiger partial charge in [-0.3, -0.25) is 0 Å². The van der Waals surface area contributed by atoms with Gasteiger partial charge in [0.15, 0.2) is 0 Å². The number of imidazole rings is 1. The van der Waals surface area contributed by atoms with Crippen LogP contribution in [0.1, 0.15) is 17.4 Å². The number of rotatable bonds is 4. The van der Waals surface area contributed by atoms with Crippen molar-refractivity contribution in [2.75, 3.05) is 7.05 Å². The van der Waals surface area contributed by atoms with Gasteiger partial charge < -0.3 is 10.3 Å². The Labute approximate surface area is 97.9 Å². The number of benzene rings is 1. The third-order valence-corrected chi connectivity index (χ3v) is 2.56. The van der Waals surface area contributed by atoms with Crippen molar-refractivity contribution in [2.45, 2.75) is 12.5 Å². The molecule has 1 heterocycles. The first kappa shape index (κ1) is 11.7. The molecule has 0 aliphatic heterocycles. The fraction of sp³-hybridized carbons (Fsp3) is 0.250. The van der Waals surface area contributed by atoms with Gasteiger partial charge >= 0.3 is 0 Å². The maximum Gasteiger partial charge on any atom is 0.126 e. The largest absolute Gasteiger partial charge is 0.347 e. The maximum atomic E-state index is 13.0. The van der Waals surface area contributed by atoms with E-state index in [9.17, 15) is 8.78 Å². The number of nitrogens with one attached hydrogen (secondary N) is 2. The van der Waals surface area contributed by atoms with E-state index < -0.39 is 11.6 Å². The second-order valence-corrected chi connectivity index (χ2v) is 3.80. The predicted molar refractivity (Wildman–Crippen MR) is 60.5 cm³/mol. The summed E-state index contributed by atoms with van der Waals surface area (Å²) in [5.41, 5.74) is 0.596. The van der Waals surface area contributed by atoms with Crippen molar-refractivity contribution in [3.63, 3.8) is 0 Å². The van der Waals surface area contributed by atoms with Crippen LogP contribution in [0.15, 0.2) is 30.6 Å². The SMILES string of the molecule is CNC(Cc1cc(F)cc(F)c1)c1ncc[nH]1. The Morgan fingerprint density at radius 3 is 2.53 bits per heavy atom. The van der Waals surface area contributed by atoms with Gasteiger partial charge in [0.05, 0.1) is 6.04 Å². The molecule has 1 aromatic carbocycles. The number of aromatic amines is 1. The molecule has 1 aromatic heterocycles. The summed E-state index contributed by atoms with van der Waals surface area (Å²) in [7, 11) is 1.78. The van der Waals surface area contributed by atoms with Crippen molar-refractivity contribution in [1.82, 2.24) is 15.3 Å². The molecule has 0 saturated carbocycles. The van der Waals surface area contributed by atoms with Crippen LogP contribution in [-0.2, 0) is 6.42 Å². The third kappa shape index (κ3) is 2.88. The summed E-state index contributed by atoms with van der Waals surface area (Å²) in [6.45, 7) is 0. The molecule has 0 spiro atoms. The second-order valence-electron chi connectivity index (χ2n) is 3.80. The number of aromatic nitrogens is 2. The highest BCUT2D eigenvalue weighted by Crippen LogP contribution is 2.16. The van der Waals surface area contributed by atoms with E-state index in [1.54, 1.807) is 19.4 Å². The highest BCUT2D eigenvalue weighted by atomic mass is 19.1. The smallest absolute Gasteiger partial charge is 0.126 e. The fourth-order valence-electron chi connectivity index (χ4n) is 1.77. The lowest BCUT2D eigenvalue weighted by molar-refractivity contribution is 0.547. The first-order valence-electron chi connectivity index (χ1n) is 5.30. The molecule has 90 valence electrons. The quantitative estimate of drug-likeness (QED) is 0.855. The average Bonchev–Trinajstić information content (AvgIpc) is 2.77. The lowest BCUT2D eigenvalue weighted by Crippen LogP contribution is -2.20. The van der Waals surface area contributed by atoms with Gasteiger partial charge in [0.2, 0.25) is 0 Å². The molecule has 0 bridgehead atoms. The molecule has 0 fully saturated rings. The molecular formula is C12H13F2N3. The lowest BCUT2D eigenvalue weighted by atomic mass is 10.1. The Morgan fingerprint density at radius 1 is 1.29 bits per heavy atom. The van der Waals surface area contributed by atoms with Crippen molar-refractivity contribution >= 4 is 0 Å². The first-order chi connectivity index (χ1) is 8.19. The molecule has 3 nitrogen and oxygen atoms in total. The van der Waals surface area contributed by atoms with Gasteiger partial charge in [0.25, 0.3) is 0 Å². The Bertz CT molecular complexity index is 462. The van der Waals surface area contributed by atoms with Crippen molar-refractivity contribution in [1.29, 1.82) is 0 Å². The van der Waals surface area contributed by atoms with Gasteiger partial charge in [-0.15, -0.1) is 0 Å². The van der Waals surface area contributed by atoms with Crippen LogP contribution in [0.2, 0.25) is 0 Å². The van der Waals surface area contributed by atoms with Gasteiger partial charge in [0.1, 0.15) is 17.5 Å². The molecular weight excluding hydrogens is 224 g/mol. The Hall–Kier alpha value is -1.75. The van der Waals surface area contributed by atoms with E-state index in [4.69, 9.17) is 0 Å². The summed E-state index contributed by atoms with van der Waals surface area (Å²) in [4.78, 5) is 7.10. The summed E-state index contributed by atoms with van der Waals surface area (Å²) < 4.78 is 26.1. The standard InChI is InChI=1S/C12H13F2N3/c1-15-11(12-16-2-3-17-12)6-8-4-9(13)7-10(14)5-8/h2-5,7,11,15H,6H2,1H3,(H,16,17). The van der Waals surface area contributed by atoms with Crippen LogP contribution in [0.3, 0.4) is 0 Å². The van der Waals surface area contributed by atoms with Gasteiger partial charge in [0, 0.05) is 18.5 Å². The Balaban J connectivity index is 2.18. The zero-order valence-corrected chi connectivity index (χ0v) is 9.37. The van der Waals surface area contributed by atoms with Gasteiger partial charge in [-0.1, -0.05) is 0 Å². The van der Waals surface area contributed by atoms with Gasteiger partial charge in [-0.05, 0) is 31.2 Å². The van der Waals surface area contributed by atoms with Gasteiger partial charge in [-0.25, -0.2) is 13.8 Å². The summed E-state index contributed by atoms with van der Waals surface area (Å²) in [5, 5.41) is 3.05. The molecule has 1 atom stereocenters. The predicted octanol–water partition coefficient (Wildman–Crippen LogP) is 2.19. The van der Waals surface area contributed by atoms with E-state index in [1.165, 1.54) is 12.1 Å². The first-order valence-corrected chi connectivity index (χ1v) is 5.30. The molecule has 2 aromatic rings. The minimum atomic E-state index is -0.561. The van der Waals surface area contributed by atoms with Gasteiger partial charge in [-0.2, -0.15) is 0 Å². The molecule has 0 aliphatic rings. The number of hydrogen-bond donors (Lipinski definition) is 2. The molecule has 0 aliphatic carbocycles. The molecule has 0 amide bonds. The minimum absolute atomic E-state index is 0.0915. The second kappa shape index (κ2) is 5.05. The Morgan fingerprint density at radius 2 is 2.00 bits per heavy atom. The van der Waals surface area contributed by atoms with E-state index in [1.807, 2.05) is 0 Å². The average molecular weight is 237 g/mol. The number of nitrogens with zero attached hydrogens (tertiary/aromatic N) is 1. The summed E-state index contributed by atoms with van der Waals surface area (Å²) in [6, 6.07) is 3.43. The van der Waals surface area contributed by atoms with E-state index in [0.717, 1.165) is 11.9 Å². The van der Waals surface area contributed by atoms with Crippen molar-refractivity contribution < 1.29 is 8.78 Å². The molecule has 2 rings (SSSR count). The number of hydrogen-bond acceptors (Lipinski definition) is 2. The normalized spacial score (nSPS) is 12.6. The number of halogens is 2. The number of H-pyrrole nitrogens is 1. The van der Waals surface area contributed by atoms with Crippen LogP contribution in [0, 0.1) is 11.6 Å². The van der Waals surface area contributed by atoms with Crippen LogP contribution in [-0.4, -0.2) is 17.0 Å². The van der Waals surface area contributed by atoms with E-state index in [-0.39, 0.29) is 6.04 Å². The summed E-state index contributed by atoms with van der Waals surface area (Å²) in [6.07, 6.45) is 3.83. The zero-order valence-electron chi connectivity index (χ0n) is 9.37. The van der Waals surface area contributed by atoms with Crippen LogP contribution in [0.5, 0.6) is 0 Å². The molecule has 0 radical (unpaired) electrons. The summed E-state index contributed by atoms with van der Waals surface area (Å²) >= 11 is 0. The highest BCUT2D eigenvalue weighted by molar-refractivity contribution is 5.20. The topological polar surface area (TPSA) is 40.7 Å². The number of likely N-dealkylation sites (N-methyl/N-ethyl adjacent to an activating group) is 1. The van der Waals surface area contributed by atoms with Crippen molar-refractivity contribution in [3.05, 3.63) is 53.6 Å². The van der Waals surface area contributed by atoms with Crippen molar-refractivity contribution in [3.8, 4) is 0 Å². The zero-order chi connectivity index (χ0) is 12.3. The molecule has 2 N–H and O–H groups in total. The molecule has 0 saturated heterocycles. The fourth-order valence-corrected chi connectivity index (χ4v) is 1.77. The lowest BCUT2D eigenvalue weighted by Gasteiger charge is -2.13. The van der Waals surface area contributed by atoms with Crippen LogP contribution in [0.4, 0.5) is 8.78 Å². The summed E-state index contributed by atoms with van der Waals surface area (Å²) in [5.74, 6) is -0.374. The Kier molecular flexibility index (Phi) is 3.49. The molecule has 5 heteroatoms. The van der Waals surface area contributed by atoms with Crippen LogP contribution < -0.4 is 5.32 Å². The van der Waals surface area contributed by atoms with E-state index in [2.05, 4.69) is 15.3 Å². The van der Waals surface area contributed by atoms with Crippen molar-refractivity contribution in [2.24, 2.45) is 0 Å². The molecule has 1 unspecified atom stereocenters. The van der Waals surface area contributed by atoms with E-state index >= 15 is 0 Å². The maximum absolute atomic E-state index is 13.0. The van der Waals surface area contributed by atoms with Crippen LogP contribution >= 0.6 is 0 Å². The highest BCUT2D eigenvalue weighted by Gasteiger charge is 2.13. The molecule has 17 heavy (non-hydrogen) atoms. The van der Waals surface area contributed by atoms with E-state index in [0.29, 0.717) is 12.0 Å². The monoisotopic (exact) mass is 237 g/mol. The van der Waals surface area contributed by atoms with Crippen LogP contribution in [0.25, 0.3) is 0 Å².